The molecule has 35 heavy (non-hydrogen) atoms. The first-order chi connectivity index (χ1) is 16.7. The molecule has 0 atom stereocenters. The van der Waals surface area contributed by atoms with Crippen molar-refractivity contribution >= 4 is 17.5 Å². The van der Waals surface area contributed by atoms with Gasteiger partial charge in [0.1, 0.15) is 5.82 Å². The third-order valence-corrected chi connectivity index (χ3v) is 6.84. The molecule has 1 fully saturated rings. The number of halogens is 1. The number of hydrogen-bond donors (Lipinski definition) is 0. The predicted octanol–water partition coefficient (Wildman–Crippen LogP) is 4.71. The van der Waals surface area contributed by atoms with E-state index >= 15 is 0 Å². The lowest BCUT2D eigenvalue weighted by molar-refractivity contribution is -0.139. The summed E-state index contributed by atoms with van der Waals surface area (Å²) in [6.45, 7) is 14.1. The van der Waals surface area contributed by atoms with E-state index in [9.17, 15) is 14.0 Å². The van der Waals surface area contributed by atoms with Crippen LogP contribution in [0, 0.1) is 23.6 Å². The van der Waals surface area contributed by atoms with Crippen LogP contribution in [0.25, 0.3) is 0 Å². The van der Waals surface area contributed by atoms with E-state index in [1.807, 2.05) is 23.6 Å². The molecule has 1 aromatic rings. The Kier molecular flexibility index (Phi) is 10.5. The van der Waals surface area contributed by atoms with Crippen LogP contribution in [0.15, 0.2) is 18.2 Å². The molecular formula is C28H44FN3O3. The largest absolute Gasteiger partial charge is 0.381 e. The minimum Gasteiger partial charge on any atom is -0.381 e. The second kappa shape index (κ2) is 13.4. The maximum Gasteiger partial charge on any atom is 0.227 e. The molecular weight excluding hydrogens is 445 g/mol. The van der Waals surface area contributed by atoms with Crippen LogP contribution in [-0.2, 0) is 20.9 Å². The van der Waals surface area contributed by atoms with Gasteiger partial charge in [-0.3, -0.25) is 9.59 Å². The lowest BCUT2D eigenvalue weighted by Crippen LogP contribution is -2.42. The fraction of sp³-hybridized carbons (Fsp3) is 0.714. The number of ether oxygens (including phenoxy) is 1. The number of benzene rings is 1. The second-order valence-electron chi connectivity index (χ2n) is 11.0. The zero-order chi connectivity index (χ0) is 25.4. The van der Waals surface area contributed by atoms with E-state index in [4.69, 9.17) is 4.74 Å². The standard InChI is InChI=1S/C28H44FN3O3/c1-21(2)17-27(33)32-14-6-12-30(19-22(3)4)11-5-13-31(28(34)23-9-15-35-16-10-23)20-24-18-25(29)7-8-26(24)32/h7-8,18,21-23H,5-6,9-17,19-20H2,1-4H3. The first-order valence-corrected chi connectivity index (χ1v) is 13.4. The minimum atomic E-state index is -0.339. The number of anilines is 1. The number of amides is 2. The second-order valence-corrected chi connectivity index (χ2v) is 11.0. The van der Waals surface area contributed by atoms with Gasteiger partial charge in [-0.25, -0.2) is 4.39 Å². The van der Waals surface area contributed by atoms with Crippen LogP contribution in [0.5, 0.6) is 0 Å². The fourth-order valence-corrected chi connectivity index (χ4v) is 5.21. The maximum absolute atomic E-state index is 14.4. The average Bonchev–Trinajstić information content (AvgIpc) is 2.80. The predicted molar refractivity (Wildman–Crippen MR) is 138 cm³/mol. The first kappa shape index (κ1) is 27.6. The number of carbonyl (C=O) groups excluding carboxylic acids is 2. The van der Waals surface area contributed by atoms with Gasteiger partial charge in [0.2, 0.25) is 11.8 Å². The summed E-state index contributed by atoms with van der Waals surface area (Å²) in [4.78, 5) is 33.1. The van der Waals surface area contributed by atoms with E-state index < -0.39 is 0 Å². The molecule has 0 spiro atoms. The Hall–Kier alpha value is -1.99. The molecule has 0 unspecified atom stereocenters. The molecule has 6 nitrogen and oxygen atoms in total. The number of carbonyl (C=O) groups is 2. The van der Waals surface area contributed by atoms with E-state index in [2.05, 4.69) is 18.7 Å². The highest BCUT2D eigenvalue weighted by atomic mass is 19.1. The number of hydrogen-bond acceptors (Lipinski definition) is 4. The molecule has 7 heteroatoms. The van der Waals surface area contributed by atoms with Gasteiger partial charge in [-0.15, -0.1) is 0 Å². The molecule has 0 radical (unpaired) electrons. The van der Waals surface area contributed by atoms with Gasteiger partial charge in [-0.2, -0.15) is 0 Å². The van der Waals surface area contributed by atoms with Crippen molar-refractivity contribution in [2.24, 2.45) is 17.8 Å². The van der Waals surface area contributed by atoms with Crippen molar-refractivity contribution in [1.29, 1.82) is 0 Å². The van der Waals surface area contributed by atoms with E-state index in [1.54, 1.807) is 6.07 Å². The quantitative estimate of drug-likeness (QED) is 0.601. The topological polar surface area (TPSA) is 53.1 Å². The Bertz CT molecular complexity index is 839. The molecule has 1 aromatic carbocycles. The summed E-state index contributed by atoms with van der Waals surface area (Å²) >= 11 is 0. The van der Waals surface area contributed by atoms with E-state index in [1.165, 1.54) is 12.1 Å². The van der Waals surface area contributed by atoms with Crippen LogP contribution < -0.4 is 4.90 Å². The van der Waals surface area contributed by atoms with Gasteiger partial charge in [0, 0.05) is 57.4 Å². The fourth-order valence-electron chi connectivity index (χ4n) is 5.21. The summed E-state index contributed by atoms with van der Waals surface area (Å²) < 4.78 is 19.9. The highest BCUT2D eigenvalue weighted by molar-refractivity contribution is 5.94. The van der Waals surface area contributed by atoms with Gasteiger partial charge in [0.05, 0.1) is 0 Å². The van der Waals surface area contributed by atoms with Crippen molar-refractivity contribution in [1.82, 2.24) is 9.80 Å². The maximum atomic E-state index is 14.4. The summed E-state index contributed by atoms with van der Waals surface area (Å²) in [6.07, 6.45) is 3.63. The van der Waals surface area contributed by atoms with Gasteiger partial charge in [0.15, 0.2) is 0 Å². The van der Waals surface area contributed by atoms with Crippen LogP contribution in [-0.4, -0.2) is 67.6 Å². The van der Waals surface area contributed by atoms with E-state index in [-0.39, 0.29) is 29.5 Å². The molecule has 0 aliphatic carbocycles. The van der Waals surface area contributed by atoms with Gasteiger partial charge in [-0.05, 0) is 74.4 Å². The van der Waals surface area contributed by atoms with Crippen LogP contribution >= 0.6 is 0 Å². The molecule has 0 aromatic heterocycles. The number of fused-ring (bicyclic) bond motifs is 1. The molecule has 0 bridgehead atoms. The smallest absolute Gasteiger partial charge is 0.227 e. The Morgan fingerprint density at radius 3 is 2.34 bits per heavy atom. The minimum absolute atomic E-state index is 0.0564. The zero-order valence-electron chi connectivity index (χ0n) is 22.1. The SMILES string of the molecule is CC(C)CC(=O)N1CCCN(CC(C)C)CCCN(C(=O)C2CCOCC2)Cc2cc(F)ccc21. The van der Waals surface area contributed by atoms with Crippen molar-refractivity contribution in [3.63, 3.8) is 0 Å². The van der Waals surface area contributed by atoms with Crippen molar-refractivity contribution in [3.05, 3.63) is 29.6 Å². The van der Waals surface area contributed by atoms with Crippen molar-refractivity contribution in [3.8, 4) is 0 Å². The third-order valence-electron chi connectivity index (χ3n) is 6.84. The highest BCUT2D eigenvalue weighted by Gasteiger charge is 2.29. The molecule has 1 saturated heterocycles. The lowest BCUT2D eigenvalue weighted by Gasteiger charge is -2.34. The molecule has 2 aliphatic heterocycles. The summed E-state index contributed by atoms with van der Waals surface area (Å²) in [5.41, 5.74) is 1.44. The normalized spacial score (nSPS) is 19.4. The van der Waals surface area contributed by atoms with Gasteiger partial charge < -0.3 is 19.4 Å². The molecule has 0 saturated carbocycles. The monoisotopic (exact) mass is 489 g/mol. The molecule has 2 heterocycles. The van der Waals surface area contributed by atoms with Gasteiger partial charge in [-0.1, -0.05) is 27.7 Å². The van der Waals surface area contributed by atoms with Crippen LogP contribution in [0.1, 0.15) is 65.4 Å². The molecule has 0 N–H and O–H groups in total. The molecule has 2 amide bonds. The van der Waals surface area contributed by atoms with Crippen LogP contribution in [0.2, 0.25) is 0 Å². The lowest BCUT2D eigenvalue weighted by atomic mass is 9.98. The molecule has 196 valence electrons. The van der Waals surface area contributed by atoms with Crippen LogP contribution in [0.4, 0.5) is 10.1 Å². The van der Waals surface area contributed by atoms with E-state index in [0.717, 1.165) is 51.0 Å². The van der Waals surface area contributed by atoms with E-state index in [0.29, 0.717) is 50.8 Å². The Morgan fingerprint density at radius 1 is 1.00 bits per heavy atom. The summed E-state index contributed by atoms with van der Waals surface area (Å²) in [5.74, 6) is 0.563. The van der Waals surface area contributed by atoms with Crippen molar-refractivity contribution < 1.29 is 18.7 Å². The average molecular weight is 490 g/mol. The zero-order valence-corrected chi connectivity index (χ0v) is 22.1. The molecule has 2 aliphatic rings. The van der Waals surface area contributed by atoms with Crippen molar-refractivity contribution in [2.75, 3.05) is 50.8 Å². The third kappa shape index (κ3) is 8.28. The summed E-state index contributed by atoms with van der Waals surface area (Å²) in [7, 11) is 0. The van der Waals surface area contributed by atoms with Gasteiger partial charge >= 0.3 is 0 Å². The highest BCUT2D eigenvalue weighted by Crippen LogP contribution is 2.28. The summed E-state index contributed by atoms with van der Waals surface area (Å²) in [5, 5.41) is 0. The number of nitrogens with zero attached hydrogens (tertiary/aromatic N) is 3. The van der Waals surface area contributed by atoms with Crippen LogP contribution in [0.3, 0.4) is 0 Å². The number of rotatable bonds is 5. The van der Waals surface area contributed by atoms with Crippen molar-refractivity contribution in [2.45, 2.75) is 66.3 Å². The summed E-state index contributed by atoms with van der Waals surface area (Å²) in [6, 6.07) is 4.65. The van der Waals surface area contributed by atoms with Gasteiger partial charge in [0.25, 0.3) is 0 Å². The molecule has 3 rings (SSSR count). The Morgan fingerprint density at radius 2 is 1.69 bits per heavy atom. The Labute approximate surface area is 210 Å². The Balaban J connectivity index is 1.94. The first-order valence-electron chi connectivity index (χ1n) is 13.4.